The Morgan fingerprint density at radius 1 is 1.02 bits per heavy atom. The van der Waals surface area contributed by atoms with Crippen LogP contribution in [0, 0.1) is 51.2 Å². The SMILES string of the molecule is CC1CC2(OCC34C(O)CC5=C(C(=O)CC6C5(C)CCC(OC(=O)CC(=O)O)C6(C)C)C3(C)CCC14)OC(=O)C(C)C2C. The van der Waals surface area contributed by atoms with E-state index in [1.54, 1.807) is 0 Å². The highest BCUT2D eigenvalue weighted by atomic mass is 16.7. The number of aliphatic hydroxyl groups excluding tert-OH is 1. The van der Waals surface area contributed by atoms with Gasteiger partial charge < -0.3 is 24.4 Å². The van der Waals surface area contributed by atoms with Crippen LogP contribution >= 0.6 is 0 Å². The summed E-state index contributed by atoms with van der Waals surface area (Å²) >= 11 is 0. The van der Waals surface area contributed by atoms with Gasteiger partial charge in [0.25, 0.3) is 0 Å². The number of ether oxygens (including phenoxy) is 3. The lowest BCUT2D eigenvalue weighted by atomic mass is 9.42. The van der Waals surface area contributed by atoms with E-state index >= 15 is 0 Å². The highest BCUT2D eigenvalue weighted by molar-refractivity contribution is 5.99. The standard InChI is InChI=1S/C34H48O9/c1-17-15-34(19(3)18(2)29(40)43-34)41-16-33-20(17)8-11-32(33,7)28-21(12-24(33)36)31(6)10-9-25(42-27(39)14-26(37)38)30(4,5)23(31)13-22(28)35/h17-20,23-25,36H,8-16H2,1-7H3,(H,37,38). The van der Waals surface area contributed by atoms with Gasteiger partial charge in [-0.05, 0) is 55.3 Å². The first-order valence-electron chi connectivity index (χ1n) is 16.2. The number of rotatable bonds is 3. The van der Waals surface area contributed by atoms with E-state index in [9.17, 15) is 24.3 Å². The van der Waals surface area contributed by atoms with Gasteiger partial charge in [0, 0.05) is 40.6 Å². The van der Waals surface area contributed by atoms with Crippen molar-refractivity contribution in [2.24, 2.45) is 51.2 Å². The number of ketones is 1. The second-order valence-electron chi connectivity index (χ2n) is 15.9. The number of carboxylic acid groups (broad SMARTS) is 1. The van der Waals surface area contributed by atoms with Crippen molar-refractivity contribution in [2.75, 3.05) is 6.61 Å². The minimum absolute atomic E-state index is 0.0957. The molecule has 43 heavy (non-hydrogen) atoms. The number of hydrogen-bond acceptors (Lipinski definition) is 8. The van der Waals surface area contributed by atoms with Crippen LogP contribution < -0.4 is 0 Å². The Kier molecular flexibility index (Phi) is 6.88. The van der Waals surface area contributed by atoms with Crippen molar-refractivity contribution in [3.05, 3.63) is 11.1 Å². The molecule has 2 saturated carbocycles. The molecular formula is C34H48O9. The van der Waals surface area contributed by atoms with Crippen LogP contribution in [0.5, 0.6) is 0 Å². The van der Waals surface area contributed by atoms with Crippen LogP contribution in [0.2, 0.25) is 0 Å². The molecule has 238 valence electrons. The number of fused-ring (bicyclic) bond motifs is 3. The second kappa shape index (κ2) is 9.62. The summed E-state index contributed by atoms with van der Waals surface area (Å²) in [4.78, 5) is 50.5. The van der Waals surface area contributed by atoms with Crippen molar-refractivity contribution >= 4 is 23.7 Å². The normalized spacial score (nSPS) is 48.5. The van der Waals surface area contributed by atoms with E-state index in [4.69, 9.17) is 19.3 Å². The van der Waals surface area contributed by atoms with Gasteiger partial charge in [-0.2, -0.15) is 0 Å². The van der Waals surface area contributed by atoms with E-state index in [-0.39, 0.29) is 53.4 Å². The highest BCUT2D eigenvalue weighted by Crippen LogP contribution is 2.73. The molecule has 11 atom stereocenters. The van der Waals surface area contributed by atoms with Crippen LogP contribution in [0.3, 0.4) is 0 Å². The molecule has 0 aromatic heterocycles. The Bertz CT molecular complexity index is 1300. The quantitative estimate of drug-likeness (QED) is 0.345. The summed E-state index contributed by atoms with van der Waals surface area (Å²) in [6, 6.07) is 0. The molecule has 4 fully saturated rings. The molecule has 4 aliphatic carbocycles. The maximum atomic E-state index is 14.4. The third kappa shape index (κ3) is 3.95. The zero-order chi connectivity index (χ0) is 31.5. The maximum Gasteiger partial charge on any atom is 0.317 e. The lowest BCUT2D eigenvalue weighted by Gasteiger charge is -2.62. The number of Topliss-reactive ketones (excluding diaryl/α,β-unsaturated/α-hetero) is 1. The van der Waals surface area contributed by atoms with E-state index in [1.165, 1.54) is 0 Å². The molecule has 0 aromatic carbocycles. The molecule has 0 radical (unpaired) electrons. The molecule has 2 heterocycles. The van der Waals surface area contributed by atoms with Gasteiger partial charge in [-0.25, -0.2) is 0 Å². The van der Waals surface area contributed by atoms with Crippen molar-refractivity contribution in [1.29, 1.82) is 0 Å². The fraction of sp³-hybridized carbons (Fsp3) is 0.824. The monoisotopic (exact) mass is 600 g/mol. The minimum Gasteiger partial charge on any atom is -0.481 e. The average molecular weight is 601 g/mol. The molecule has 9 nitrogen and oxygen atoms in total. The summed E-state index contributed by atoms with van der Waals surface area (Å²) in [5.41, 5.74) is -0.311. The molecule has 2 saturated heterocycles. The predicted molar refractivity (Wildman–Crippen MR) is 154 cm³/mol. The first-order chi connectivity index (χ1) is 19.9. The molecule has 0 bridgehead atoms. The van der Waals surface area contributed by atoms with Gasteiger partial charge >= 0.3 is 17.9 Å². The van der Waals surface area contributed by atoms with E-state index < -0.39 is 52.6 Å². The van der Waals surface area contributed by atoms with E-state index in [2.05, 4.69) is 20.8 Å². The van der Waals surface area contributed by atoms with Crippen molar-refractivity contribution in [3.8, 4) is 0 Å². The number of hydrogen-bond donors (Lipinski definition) is 2. The predicted octanol–water partition coefficient (Wildman–Crippen LogP) is 4.83. The molecule has 0 amide bonds. The smallest absolute Gasteiger partial charge is 0.317 e. The summed E-state index contributed by atoms with van der Waals surface area (Å²) in [6.45, 7) is 14.7. The minimum atomic E-state index is -1.22. The van der Waals surface area contributed by atoms with Crippen LogP contribution in [-0.2, 0) is 33.4 Å². The summed E-state index contributed by atoms with van der Waals surface area (Å²) in [6.07, 6.45) is 2.25. The Hall–Kier alpha value is -2.26. The lowest BCUT2D eigenvalue weighted by Crippen LogP contribution is -2.62. The molecule has 6 rings (SSSR count). The Morgan fingerprint density at radius 3 is 2.35 bits per heavy atom. The van der Waals surface area contributed by atoms with Crippen LogP contribution in [0.15, 0.2) is 11.1 Å². The van der Waals surface area contributed by atoms with E-state index in [0.29, 0.717) is 32.1 Å². The summed E-state index contributed by atoms with van der Waals surface area (Å²) < 4.78 is 18.4. The van der Waals surface area contributed by atoms with Gasteiger partial charge in [0.05, 0.1) is 18.6 Å². The molecule has 11 unspecified atom stereocenters. The summed E-state index contributed by atoms with van der Waals surface area (Å²) in [7, 11) is 0. The van der Waals surface area contributed by atoms with E-state index in [1.807, 2.05) is 27.7 Å². The van der Waals surface area contributed by atoms with Crippen molar-refractivity contribution < 1.29 is 43.6 Å². The number of esters is 2. The first-order valence-corrected chi connectivity index (χ1v) is 16.2. The Morgan fingerprint density at radius 2 is 1.72 bits per heavy atom. The number of carbonyl (C=O) groups is 4. The molecule has 2 spiro atoms. The largest absolute Gasteiger partial charge is 0.481 e. The molecule has 9 heteroatoms. The Balaban J connectivity index is 1.38. The fourth-order valence-electron chi connectivity index (χ4n) is 11.2. The molecule has 6 aliphatic rings. The van der Waals surface area contributed by atoms with Gasteiger partial charge in [-0.15, -0.1) is 0 Å². The summed E-state index contributed by atoms with van der Waals surface area (Å²) in [5.74, 6) is -3.41. The van der Waals surface area contributed by atoms with Crippen LogP contribution in [0.25, 0.3) is 0 Å². The molecular weight excluding hydrogens is 552 g/mol. The van der Waals surface area contributed by atoms with Gasteiger partial charge in [0.15, 0.2) is 5.78 Å². The number of aliphatic hydroxyl groups is 1. The number of carboxylic acids is 1. The van der Waals surface area contributed by atoms with Crippen LogP contribution in [0.4, 0.5) is 0 Å². The molecule has 0 aromatic rings. The number of aliphatic carboxylic acids is 1. The van der Waals surface area contributed by atoms with Gasteiger partial charge in [-0.3, -0.25) is 19.2 Å². The number of allylic oxidation sites excluding steroid dienone is 1. The maximum absolute atomic E-state index is 14.4. The summed E-state index contributed by atoms with van der Waals surface area (Å²) in [5, 5.41) is 21.4. The molecule has 2 N–H and O–H groups in total. The zero-order valence-corrected chi connectivity index (χ0v) is 26.7. The van der Waals surface area contributed by atoms with Crippen molar-refractivity contribution in [1.82, 2.24) is 0 Å². The topological polar surface area (TPSA) is 136 Å². The highest BCUT2D eigenvalue weighted by Gasteiger charge is 2.72. The third-order valence-electron chi connectivity index (χ3n) is 13.8. The zero-order valence-electron chi connectivity index (χ0n) is 26.7. The third-order valence-corrected chi connectivity index (χ3v) is 13.8. The van der Waals surface area contributed by atoms with Crippen LogP contribution in [0.1, 0.15) is 99.8 Å². The second-order valence-corrected chi connectivity index (χ2v) is 15.9. The fourth-order valence-corrected chi connectivity index (χ4v) is 11.2. The lowest BCUT2D eigenvalue weighted by molar-refractivity contribution is -0.247. The van der Waals surface area contributed by atoms with Gasteiger partial charge in [0.1, 0.15) is 12.5 Å². The molecule has 2 aliphatic heterocycles. The number of carbonyl (C=O) groups excluding carboxylic acids is 3. The van der Waals surface area contributed by atoms with Crippen LogP contribution in [-0.4, -0.2) is 58.5 Å². The Labute approximate surface area is 254 Å². The average Bonchev–Trinajstić information content (AvgIpc) is 3.27. The first kappa shape index (κ1) is 30.8. The van der Waals surface area contributed by atoms with E-state index in [0.717, 1.165) is 24.0 Å². The van der Waals surface area contributed by atoms with Crippen molar-refractivity contribution in [2.45, 2.75) is 118 Å². The van der Waals surface area contributed by atoms with Gasteiger partial charge in [0.2, 0.25) is 5.79 Å². The van der Waals surface area contributed by atoms with Crippen molar-refractivity contribution in [3.63, 3.8) is 0 Å². The van der Waals surface area contributed by atoms with Gasteiger partial charge in [-0.1, -0.05) is 54.0 Å².